The number of nitrogens with one attached hydrogen (secondary N) is 1. The first-order valence-electron chi connectivity index (χ1n) is 12.0. The highest BCUT2D eigenvalue weighted by Crippen LogP contribution is 2.31. The molecule has 1 atom stereocenters. The van der Waals surface area contributed by atoms with Gasteiger partial charge in [0.1, 0.15) is 6.04 Å². The number of hydrogen-bond acceptors (Lipinski definition) is 5. The molecule has 1 aromatic heterocycles. The Bertz CT molecular complexity index is 1480. The maximum absolute atomic E-state index is 13.2. The Labute approximate surface area is 225 Å². The molecule has 0 saturated carbocycles. The summed E-state index contributed by atoms with van der Waals surface area (Å²) in [6.45, 7) is 5.80. The lowest BCUT2D eigenvalue weighted by Crippen LogP contribution is -2.45. The molecule has 2 aromatic carbocycles. The van der Waals surface area contributed by atoms with Crippen molar-refractivity contribution in [3.8, 4) is 5.69 Å². The van der Waals surface area contributed by atoms with Gasteiger partial charge in [-0.2, -0.15) is 17.9 Å². The second kappa shape index (κ2) is 12.0. The average molecular weight is 563 g/mol. The first-order chi connectivity index (χ1) is 18.2. The highest BCUT2D eigenvalue weighted by molar-refractivity contribution is 7.92. The van der Waals surface area contributed by atoms with E-state index in [0.717, 1.165) is 17.5 Å². The van der Waals surface area contributed by atoms with Crippen LogP contribution in [0.4, 0.5) is 13.2 Å². The highest BCUT2D eigenvalue weighted by Gasteiger charge is 2.31. The highest BCUT2D eigenvalue weighted by atomic mass is 32.2. The lowest BCUT2D eigenvalue weighted by atomic mass is 10.1. The van der Waals surface area contributed by atoms with Gasteiger partial charge in [-0.05, 0) is 55.7 Å². The van der Waals surface area contributed by atoms with Crippen molar-refractivity contribution in [3.63, 3.8) is 0 Å². The molecule has 0 unspecified atom stereocenters. The maximum atomic E-state index is 13.2. The molecule has 3 rings (SSSR count). The Morgan fingerprint density at radius 3 is 2.31 bits per heavy atom. The van der Waals surface area contributed by atoms with E-state index in [-0.39, 0.29) is 11.3 Å². The Balaban J connectivity index is 1.72. The summed E-state index contributed by atoms with van der Waals surface area (Å²) in [6, 6.07) is 13.7. The van der Waals surface area contributed by atoms with Crippen LogP contribution in [0.5, 0.6) is 0 Å². The van der Waals surface area contributed by atoms with Crippen molar-refractivity contribution in [3.05, 3.63) is 94.1 Å². The van der Waals surface area contributed by atoms with Gasteiger partial charge in [0.2, 0.25) is 15.8 Å². The molecular weight excluding hydrogens is 533 g/mol. The van der Waals surface area contributed by atoms with Crippen LogP contribution in [-0.2, 0) is 25.7 Å². The number of alkyl halides is 3. The van der Waals surface area contributed by atoms with Gasteiger partial charge in [0.15, 0.2) is 6.61 Å². The van der Waals surface area contributed by atoms with Gasteiger partial charge >= 0.3 is 12.1 Å². The van der Waals surface area contributed by atoms with Gasteiger partial charge in [0, 0.05) is 28.0 Å². The number of benzene rings is 2. The summed E-state index contributed by atoms with van der Waals surface area (Å²) in [6.07, 6.45) is -3.14. The molecule has 39 heavy (non-hydrogen) atoms. The average Bonchev–Trinajstić information content (AvgIpc) is 3.18. The molecule has 0 aliphatic rings. The van der Waals surface area contributed by atoms with Gasteiger partial charge < -0.3 is 9.30 Å². The molecule has 0 bridgehead atoms. The minimum atomic E-state index is -4.52. The number of nitrogens with zero attached hydrogens (tertiary/aromatic N) is 1. The van der Waals surface area contributed by atoms with Crippen molar-refractivity contribution in [1.29, 1.82) is 0 Å². The van der Waals surface area contributed by atoms with Crippen LogP contribution >= 0.6 is 0 Å². The number of sulfonamides is 1. The van der Waals surface area contributed by atoms with E-state index >= 15 is 0 Å². The molecule has 0 radical (unpaired) electrons. The number of halogens is 3. The maximum Gasteiger partial charge on any atom is 0.416 e. The number of aryl methyl sites for hydroxylation is 1. The summed E-state index contributed by atoms with van der Waals surface area (Å²) in [5.74, 6) is -2.00. The zero-order valence-corrected chi connectivity index (χ0v) is 22.6. The number of esters is 1. The number of ketones is 1. The quantitative estimate of drug-likeness (QED) is 0.262. The summed E-state index contributed by atoms with van der Waals surface area (Å²) in [7, 11) is -4.01. The van der Waals surface area contributed by atoms with Crippen molar-refractivity contribution < 1.29 is 35.9 Å². The van der Waals surface area contributed by atoms with Gasteiger partial charge in [-0.15, -0.1) is 0 Å². The zero-order valence-electron chi connectivity index (χ0n) is 21.8. The minimum absolute atomic E-state index is 0.171. The van der Waals surface area contributed by atoms with Crippen LogP contribution in [0.25, 0.3) is 11.8 Å². The Morgan fingerprint density at radius 1 is 1.03 bits per heavy atom. The van der Waals surface area contributed by atoms with Crippen LogP contribution < -0.4 is 4.72 Å². The molecule has 0 aliphatic heterocycles. The fraction of sp³-hybridized carbons (Fsp3) is 0.286. The summed E-state index contributed by atoms with van der Waals surface area (Å²) in [4.78, 5) is 25.7. The van der Waals surface area contributed by atoms with Gasteiger partial charge in [-0.1, -0.05) is 50.2 Å². The van der Waals surface area contributed by atoms with Crippen molar-refractivity contribution in [2.75, 3.05) is 6.61 Å². The zero-order chi connectivity index (χ0) is 29.0. The molecule has 0 fully saturated rings. The Hall–Kier alpha value is -3.70. The van der Waals surface area contributed by atoms with Gasteiger partial charge in [0.25, 0.3) is 0 Å². The first-order valence-corrected chi connectivity index (χ1v) is 13.6. The SMILES string of the molecule is Cc1cc(C(=O)COC(=O)[C@H](NS(=O)(=O)/C=C/c2ccccc2)C(C)C)c(C)n1-c1cccc(C(F)(F)F)c1. The number of rotatable bonds is 10. The second-order valence-electron chi connectivity index (χ2n) is 9.30. The lowest BCUT2D eigenvalue weighted by molar-refractivity contribution is -0.145. The molecular formula is C28H29F3N2O5S. The van der Waals surface area contributed by atoms with Gasteiger partial charge in [-0.25, -0.2) is 8.42 Å². The monoisotopic (exact) mass is 562 g/mol. The summed E-state index contributed by atoms with van der Waals surface area (Å²) < 4.78 is 73.6. The molecule has 0 amide bonds. The Morgan fingerprint density at radius 2 is 1.69 bits per heavy atom. The van der Waals surface area contributed by atoms with Crippen LogP contribution in [0.3, 0.4) is 0 Å². The van der Waals surface area contributed by atoms with E-state index < -0.39 is 52.1 Å². The number of aromatic nitrogens is 1. The summed E-state index contributed by atoms with van der Waals surface area (Å²) in [5, 5.41) is 0.943. The number of carbonyl (C=O) groups is 2. The Kier molecular flexibility index (Phi) is 9.18. The third-order valence-electron chi connectivity index (χ3n) is 5.96. The van der Waals surface area contributed by atoms with E-state index in [1.54, 1.807) is 58.0 Å². The molecule has 0 aliphatic carbocycles. The van der Waals surface area contributed by atoms with Crippen LogP contribution in [-0.4, -0.2) is 37.4 Å². The normalized spacial score (nSPS) is 13.1. The molecule has 0 spiro atoms. The third kappa shape index (κ3) is 7.67. The van der Waals surface area contributed by atoms with Crippen LogP contribution in [0.15, 0.2) is 66.1 Å². The molecule has 11 heteroatoms. The number of ether oxygens (including phenoxy) is 1. The number of Topliss-reactive ketones (excluding diaryl/α,β-unsaturated/α-hetero) is 1. The smallest absolute Gasteiger partial charge is 0.416 e. The number of carbonyl (C=O) groups excluding carboxylic acids is 2. The van der Waals surface area contributed by atoms with Gasteiger partial charge in [0.05, 0.1) is 5.56 Å². The third-order valence-corrected chi connectivity index (χ3v) is 7.04. The molecule has 0 saturated heterocycles. The van der Waals surface area contributed by atoms with E-state index in [9.17, 15) is 31.2 Å². The van der Waals surface area contributed by atoms with Crippen molar-refractivity contribution in [2.45, 2.75) is 39.9 Å². The molecule has 7 nitrogen and oxygen atoms in total. The fourth-order valence-corrected chi connectivity index (χ4v) is 5.11. The predicted octanol–water partition coefficient (Wildman–Crippen LogP) is 5.45. The van der Waals surface area contributed by atoms with Crippen molar-refractivity contribution >= 4 is 27.9 Å². The molecule has 3 aromatic rings. The minimum Gasteiger partial charge on any atom is -0.456 e. The van der Waals surface area contributed by atoms with Gasteiger partial charge in [-0.3, -0.25) is 9.59 Å². The van der Waals surface area contributed by atoms with E-state index in [1.165, 1.54) is 28.8 Å². The van der Waals surface area contributed by atoms with Crippen LogP contribution in [0, 0.1) is 19.8 Å². The van der Waals surface area contributed by atoms with Crippen LogP contribution in [0.2, 0.25) is 0 Å². The van der Waals surface area contributed by atoms with Crippen molar-refractivity contribution in [2.24, 2.45) is 5.92 Å². The first kappa shape index (κ1) is 29.9. The topological polar surface area (TPSA) is 94.5 Å². The largest absolute Gasteiger partial charge is 0.456 e. The second-order valence-corrected chi connectivity index (χ2v) is 10.9. The lowest BCUT2D eigenvalue weighted by Gasteiger charge is -2.19. The fourth-order valence-electron chi connectivity index (χ4n) is 3.97. The van der Waals surface area contributed by atoms with E-state index in [1.807, 2.05) is 0 Å². The van der Waals surface area contributed by atoms with E-state index in [0.29, 0.717) is 17.0 Å². The summed E-state index contributed by atoms with van der Waals surface area (Å²) in [5.41, 5.74) is 1.12. The standard InChI is InChI=1S/C28H29F3N2O5S/c1-18(2)26(32-39(36,37)14-13-21-9-6-5-7-10-21)27(35)38-17-25(34)24-15-19(3)33(20(24)4)23-12-8-11-22(16-23)28(29,30)31/h5-16,18,26,32H,17H2,1-4H3/b14-13+/t26-/m1/s1. The predicted molar refractivity (Wildman–Crippen MR) is 142 cm³/mol. The van der Waals surface area contributed by atoms with E-state index in [4.69, 9.17) is 4.74 Å². The van der Waals surface area contributed by atoms with Crippen LogP contribution in [0.1, 0.15) is 46.7 Å². The van der Waals surface area contributed by atoms with E-state index in [2.05, 4.69) is 4.72 Å². The summed E-state index contributed by atoms with van der Waals surface area (Å²) >= 11 is 0. The molecule has 208 valence electrons. The molecule has 1 N–H and O–H groups in total. The number of hydrogen-bond donors (Lipinski definition) is 1. The molecule has 1 heterocycles. The van der Waals surface area contributed by atoms with Crippen molar-refractivity contribution in [1.82, 2.24) is 9.29 Å².